The Hall–Kier alpha value is -2.04. The number of carbonyl (C=O) groups excluding carboxylic acids is 2. The molecule has 0 radical (unpaired) electrons. The monoisotopic (exact) mass is 429 g/mol. The molecule has 1 N–H and O–H groups in total. The van der Waals surface area contributed by atoms with E-state index in [4.69, 9.17) is 0 Å². The summed E-state index contributed by atoms with van der Waals surface area (Å²) in [5, 5.41) is 3.03. The summed E-state index contributed by atoms with van der Waals surface area (Å²) in [5.41, 5.74) is 2.44. The maximum atomic E-state index is 13.2. The van der Waals surface area contributed by atoms with Gasteiger partial charge >= 0.3 is 0 Å². The Morgan fingerprint density at radius 1 is 0.903 bits per heavy atom. The van der Waals surface area contributed by atoms with Crippen LogP contribution in [-0.2, 0) is 4.79 Å². The number of rotatable bonds is 13. The second-order valence-electron chi connectivity index (χ2n) is 8.68. The van der Waals surface area contributed by atoms with Gasteiger partial charge < -0.3 is 15.1 Å². The predicted molar refractivity (Wildman–Crippen MR) is 131 cm³/mol. The molecule has 0 unspecified atom stereocenters. The first kappa shape index (κ1) is 25.2. The fourth-order valence-corrected chi connectivity index (χ4v) is 4.34. The lowest BCUT2D eigenvalue weighted by atomic mass is 10.0. The van der Waals surface area contributed by atoms with E-state index >= 15 is 0 Å². The summed E-state index contributed by atoms with van der Waals surface area (Å²) in [6.45, 7) is 9.59. The molecule has 2 amide bonds. The van der Waals surface area contributed by atoms with Crippen LogP contribution in [0.5, 0.6) is 0 Å². The highest BCUT2D eigenvalue weighted by atomic mass is 16.2. The second kappa shape index (κ2) is 14.1. The van der Waals surface area contributed by atoms with Crippen LogP contribution in [0.2, 0.25) is 0 Å². The van der Waals surface area contributed by atoms with E-state index in [0.717, 1.165) is 50.1 Å². The van der Waals surface area contributed by atoms with Crippen molar-refractivity contribution in [1.82, 2.24) is 4.90 Å². The summed E-state index contributed by atoms with van der Waals surface area (Å²) in [5.74, 6) is 0.0919. The number of hydrogen-bond donors (Lipinski definition) is 1. The Morgan fingerprint density at radius 3 is 2.19 bits per heavy atom. The Labute approximate surface area is 189 Å². The zero-order valence-electron chi connectivity index (χ0n) is 20.0. The maximum Gasteiger partial charge on any atom is 0.256 e. The number of benzene rings is 1. The van der Waals surface area contributed by atoms with Gasteiger partial charge in [-0.05, 0) is 57.7 Å². The van der Waals surface area contributed by atoms with Gasteiger partial charge in [0, 0.05) is 44.0 Å². The van der Waals surface area contributed by atoms with E-state index in [0.29, 0.717) is 25.1 Å². The van der Waals surface area contributed by atoms with Crippen molar-refractivity contribution in [2.24, 2.45) is 0 Å². The summed E-state index contributed by atoms with van der Waals surface area (Å²) >= 11 is 0. The van der Waals surface area contributed by atoms with Crippen LogP contribution in [0, 0.1) is 0 Å². The van der Waals surface area contributed by atoms with Gasteiger partial charge in [-0.25, -0.2) is 0 Å². The maximum absolute atomic E-state index is 13.2. The Morgan fingerprint density at radius 2 is 1.55 bits per heavy atom. The van der Waals surface area contributed by atoms with Crippen molar-refractivity contribution in [2.45, 2.75) is 91.4 Å². The fraction of sp³-hybridized carbons (Fsp3) is 0.692. The van der Waals surface area contributed by atoms with Crippen LogP contribution in [0.1, 0.15) is 102 Å². The Kier molecular flexibility index (Phi) is 11.5. The molecule has 1 aromatic rings. The molecule has 1 heterocycles. The minimum atomic E-state index is 0.0421. The standard InChI is InChI=1S/C26H43N3O2/c1-4-7-8-9-10-11-13-16-25(30)27-22-17-18-24(29-19-14-12-15-20-29)23(21-22)26(31)28(5-2)6-3/h17-18,21H,4-16,19-20H2,1-3H3,(H,27,30). The number of unbranched alkanes of at least 4 members (excludes halogenated alkanes) is 6. The third-order valence-corrected chi connectivity index (χ3v) is 6.27. The molecule has 5 heteroatoms. The molecule has 1 aliphatic rings. The molecule has 31 heavy (non-hydrogen) atoms. The number of carbonyl (C=O) groups is 2. The van der Waals surface area contributed by atoms with Crippen molar-refractivity contribution in [3.05, 3.63) is 23.8 Å². The van der Waals surface area contributed by atoms with Crippen LogP contribution >= 0.6 is 0 Å². The summed E-state index contributed by atoms with van der Waals surface area (Å²) in [6, 6.07) is 5.85. The molecule has 1 aliphatic heterocycles. The largest absolute Gasteiger partial charge is 0.371 e. The van der Waals surface area contributed by atoms with Gasteiger partial charge in [-0.2, -0.15) is 0 Å². The first-order valence-electron chi connectivity index (χ1n) is 12.6. The number of hydrogen-bond acceptors (Lipinski definition) is 3. The van der Waals surface area contributed by atoms with Crippen molar-refractivity contribution < 1.29 is 9.59 Å². The van der Waals surface area contributed by atoms with Gasteiger partial charge in [-0.15, -0.1) is 0 Å². The summed E-state index contributed by atoms with van der Waals surface area (Å²) in [4.78, 5) is 29.8. The van der Waals surface area contributed by atoms with Gasteiger partial charge in [0.05, 0.1) is 5.56 Å². The molecule has 1 aromatic carbocycles. The molecular weight excluding hydrogens is 386 g/mol. The van der Waals surface area contributed by atoms with E-state index in [9.17, 15) is 9.59 Å². The van der Waals surface area contributed by atoms with Crippen molar-refractivity contribution >= 4 is 23.2 Å². The average molecular weight is 430 g/mol. The van der Waals surface area contributed by atoms with Crippen molar-refractivity contribution in [3.8, 4) is 0 Å². The number of nitrogens with zero attached hydrogens (tertiary/aromatic N) is 2. The Balaban J connectivity index is 2.01. The third kappa shape index (κ3) is 8.19. The lowest BCUT2D eigenvalue weighted by Gasteiger charge is -2.31. The van der Waals surface area contributed by atoms with Crippen LogP contribution in [0.3, 0.4) is 0 Å². The van der Waals surface area contributed by atoms with E-state index < -0.39 is 0 Å². The molecule has 0 bridgehead atoms. The SMILES string of the molecule is CCCCCCCCCC(=O)Nc1ccc(N2CCCCC2)c(C(=O)N(CC)CC)c1. The van der Waals surface area contributed by atoms with E-state index in [-0.39, 0.29) is 11.8 Å². The van der Waals surface area contributed by atoms with Crippen LogP contribution in [0.15, 0.2) is 18.2 Å². The smallest absolute Gasteiger partial charge is 0.256 e. The zero-order chi connectivity index (χ0) is 22.5. The van der Waals surface area contributed by atoms with E-state index in [2.05, 4.69) is 17.1 Å². The fourth-order valence-electron chi connectivity index (χ4n) is 4.34. The molecule has 1 saturated heterocycles. The molecule has 0 saturated carbocycles. The molecule has 0 aliphatic carbocycles. The molecule has 0 atom stereocenters. The first-order chi connectivity index (χ1) is 15.1. The van der Waals surface area contributed by atoms with Crippen LogP contribution in [0.4, 0.5) is 11.4 Å². The lowest BCUT2D eigenvalue weighted by molar-refractivity contribution is -0.116. The van der Waals surface area contributed by atoms with Gasteiger partial charge in [0.25, 0.3) is 5.91 Å². The summed E-state index contributed by atoms with van der Waals surface area (Å²) in [7, 11) is 0. The summed E-state index contributed by atoms with van der Waals surface area (Å²) in [6.07, 6.45) is 12.5. The number of nitrogens with one attached hydrogen (secondary N) is 1. The molecule has 1 fully saturated rings. The second-order valence-corrected chi connectivity index (χ2v) is 8.68. The average Bonchev–Trinajstić information content (AvgIpc) is 2.79. The molecule has 174 valence electrons. The highest BCUT2D eigenvalue weighted by molar-refractivity contribution is 6.02. The van der Waals surface area contributed by atoms with Crippen LogP contribution < -0.4 is 10.2 Å². The van der Waals surface area contributed by atoms with Gasteiger partial charge in [0.1, 0.15) is 0 Å². The van der Waals surface area contributed by atoms with Crippen LogP contribution in [0.25, 0.3) is 0 Å². The molecule has 5 nitrogen and oxygen atoms in total. The van der Waals surface area contributed by atoms with Gasteiger partial charge in [0.15, 0.2) is 0 Å². The molecular formula is C26H43N3O2. The minimum absolute atomic E-state index is 0.0421. The number of piperidine rings is 1. The number of amides is 2. The molecule has 0 spiro atoms. The third-order valence-electron chi connectivity index (χ3n) is 6.27. The van der Waals surface area contributed by atoms with E-state index in [1.165, 1.54) is 38.5 Å². The van der Waals surface area contributed by atoms with Crippen molar-refractivity contribution in [3.63, 3.8) is 0 Å². The minimum Gasteiger partial charge on any atom is -0.371 e. The zero-order valence-corrected chi connectivity index (χ0v) is 20.0. The van der Waals surface area contributed by atoms with Crippen molar-refractivity contribution in [2.75, 3.05) is 36.4 Å². The van der Waals surface area contributed by atoms with Gasteiger partial charge in [0.2, 0.25) is 5.91 Å². The Bertz CT molecular complexity index is 679. The lowest BCUT2D eigenvalue weighted by Crippen LogP contribution is -2.35. The van der Waals surface area contributed by atoms with E-state index in [1.54, 1.807) is 0 Å². The predicted octanol–water partition coefficient (Wildman–Crippen LogP) is 6.24. The summed E-state index contributed by atoms with van der Waals surface area (Å²) < 4.78 is 0. The normalized spacial score (nSPS) is 13.8. The first-order valence-corrected chi connectivity index (χ1v) is 12.6. The van der Waals surface area contributed by atoms with E-state index in [1.807, 2.05) is 36.9 Å². The van der Waals surface area contributed by atoms with Crippen molar-refractivity contribution in [1.29, 1.82) is 0 Å². The van der Waals surface area contributed by atoms with Crippen LogP contribution in [-0.4, -0.2) is 42.9 Å². The molecule has 2 rings (SSSR count). The highest BCUT2D eigenvalue weighted by Crippen LogP contribution is 2.28. The quantitative estimate of drug-likeness (QED) is 0.378. The van der Waals surface area contributed by atoms with Gasteiger partial charge in [-0.3, -0.25) is 9.59 Å². The highest BCUT2D eigenvalue weighted by Gasteiger charge is 2.22. The van der Waals surface area contributed by atoms with Gasteiger partial charge in [-0.1, -0.05) is 45.4 Å². The molecule has 0 aromatic heterocycles. The number of anilines is 2. The topological polar surface area (TPSA) is 52.7 Å².